The summed E-state index contributed by atoms with van der Waals surface area (Å²) in [4.78, 5) is 24.8. The van der Waals surface area contributed by atoms with Gasteiger partial charge in [-0.05, 0) is 49.3 Å². The zero-order valence-corrected chi connectivity index (χ0v) is 14.7. The Morgan fingerprint density at radius 3 is 2.62 bits per heavy atom. The number of urea groups is 1. The topological polar surface area (TPSA) is 52.2 Å². The number of aromatic nitrogens is 2. The first kappa shape index (κ1) is 15.9. The Bertz CT molecular complexity index is 803. The molecule has 2 bridgehead atoms. The van der Waals surface area contributed by atoms with Crippen LogP contribution in [0.3, 0.4) is 0 Å². The van der Waals surface area contributed by atoms with E-state index in [4.69, 9.17) is 0 Å². The van der Waals surface area contributed by atoms with Crippen molar-refractivity contribution >= 4 is 6.03 Å². The van der Waals surface area contributed by atoms with E-state index in [9.17, 15) is 9.18 Å². The lowest BCUT2D eigenvalue weighted by Gasteiger charge is -2.42. The van der Waals surface area contributed by atoms with Crippen molar-refractivity contribution in [3.63, 3.8) is 0 Å². The van der Waals surface area contributed by atoms with Gasteiger partial charge in [0.1, 0.15) is 5.82 Å². The average molecular weight is 354 g/mol. The number of hydrogen-bond donors (Lipinski definition) is 1. The standard InChI is InChI=1S/C20H23FN4O/c21-15-3-1-13(2-4-15)14-9-16-5-6-17(10-14)25(16)20(26)24-8-7-18-19(11-24)23-12-22-18/h1-4,12,14,16-17H,5-11H2,(H,22,23). The predicted molar refractivity (Wildman–Crippen MR) is 95.1 cm³/mol. The Kier molecular flexibility index (Phi) is 3.72. The van der Waals surface area contributed by atoms with Gasteiger partial charge in [-0.3, -0.25) is 0 Å². The summed E-state index contributed by atoms with van der Waals surface area (Å²) in [7, 11) is 0. The van der Waals surface area contributed by atoms with Gasteiger partial charge >= 0.3 is 6.03 Å². The summed E-state index contributed by atoms with van der Waals surface area (Å²) in [6.45, 7) is 1.37. The molecular weight excluding hydrogens is 331 g/mol. The Balaban J connectivity index is 1.31. The summed E-state index contributed by atoms with van der Waals surface area (Å²) >= 11 is 0. The summed E-state index contributed by atoms with van der Waals surface area (Å²) in [6, 6.07) is 7.69. The molecule has 3 aliphatic rings. The second-order valence-corrected chi connectivity index (χ2v) is 7.79. The smallest absolute Gasteiger partial charge is 0.320 e. The number of benzene rings is 1. The van der Waals surface area contributed by atoms with E-state index in [1.54, 1.807) is 18.5 Å². The van der Waals surface area contributed by atoms with Crippen LogP contribution < -0.4 is 0 Å². The number of imidazole rings is 1. The highest BCUT2D eigenvalue weighted by Gasteiger charge is 2.45. The first-order chi connectivity index (χ1) is 12.7. The average Bonchev–Trinajstić information content (AvgIpc) is 3.23. The second-order valence-electron chi connectivity index (χ2n) is 7.79. The minimum absolute atomic E-state index is 0.176. The maximum Gasteiger partial charge on any atom is 0.320 e. The fourth-order valence-corrected chi connectivity index (χ4v) is 5.04. The summed E-state index contributed by atoms with van der Waals surface area (Å²) in [5, 5.41) is 0. The maximum atomic E-state index is 13.2. The fraction of sp³-hybridized carbons (Fsp3) is 0.500. The molecule has 0 spiro atoms. The molecule has 2 aromatic rings. The van der Waals surface area contributed by atoms with Gasteiger partial charge < -0.3 is 14.8 Å². The van der Waals surface area contributed by atoms with Gasteiger partial charge in [0, 0.05) is 25.0 Å². The van der Waals surface area contributed by atoms with Crippen molar-refractivity contribution in [1.29, 1.82) is 0 Å². The van der Waals surface area contributed by atoms with Crippen LogP contribution in [0.1, 0.15) is 48.6 Å². The van der Waals surface area contributed by atoms with Crippen molar-refractivity contribution in [3.05, 3.63) is 53.4 Å². The Morgan fingerprint density at radius 1 is 1.15 bits per heavy atom. The molecule has 0 saturated carbocycles. The predicted octanol–water partition coefficient (Wildman–Crippen LogP) is 3.44. The van der Waals surface area contributed by atoms with Crippen LogP contribution in [0.4, 0.5) is 9.18 Å². The zero-order valence-electron chi connectivity index (χ0n) is 14.7. The van der Waals surface area contributed by atoms with Crippen LogP contribution >= 0.6 is 0 Å². The molecule has 2 saturated heterocycles. The molecule has 1 N–H and O–H groups in total. The molecule has 0 aliphatic carbocycles. The van der Waals surface area contributed by atoms with Gasteiger partial charge in [0.2, 0.25) is 0 Å². The molecule has 5 nitrogen and oxygen atoms in total. The van der Waals surface area contributed by atoms with Crippen LogP contribution in [0.2, 0.25) is 0 Å². The van der Waals surface area contributed by atoms with Gasteiger partial charge in [0.05, 0.1) is 24.3 Å². The van der Waals surface area contributed by atoms with Gasteiger partial charge in [-0.15, -0.1) is 0 Å². The lowest BCUT2D eigenvalue weighted by atomic mass is 9.85. The molecule has 2 atom stereocenters. The molecular formula is C20H23FN4O. The van der Waals surface area contributed by atoms with E-state index < -0.39 is 0 Å². The van der Waals surface area contributed by atoms with E-state index in [1.807, 2.05) is 17.0 Å². The van der Waals surface area contributed by atoms with Crippen molar-refractivity contribution in [2.24, 2.45) is 0 Å². The first-order valence-electron chi connectivity index (χ1n) is 9.53. The Morgan fingerprint density at radius 2 is 1.88 bits per heavy atom. The van der Waals surface area contributed by atoms with Gasteiger partial charge in [-0.25, -0.2) is 14.2 Å². The molecule has 136 valence electrons. The first-order valence-corrected chi connectivity index (χ1v) is 9.53. The van der Waals surface area contributed by atoms with Crippen LogP contribution in [-0.2, 0) is 13.0 Å². The van der Waals surface area contributed by atoms with Gasteiger partial charge in [0.15, 0.2) is 0 Å². The minimum atomic E-state index is -0.187. The summed E-state index contributed by atoms with van der Waals surface area (Å²) in [5.74, 6) is 0.241. The lowest BCUT2D eigenvalue weighted by Crippen LogP contribution is -2.52. The molecule has 5 rings (SSSR count). The van der Waals surface area contributed by atoms with Crippen molar-refractivity contribution in [3.8, 4) is 0 Å². The Labute approximate surface area is 152 Å². The normalized spacial score (nSPS) is 27.5. The quantitative estimate of drug-likeness (QED) is 0.853. The molecule has 1 aromatic carbocycles. The molecule has 26 heavy (non-hydrogen) atoms. The molecule has 2 fully saturated rings. The number of nitrogens with one attached hydrogen (secondary N) is 1. The van der Waals surface area contributed by atoms with E-state index in [0.717, 1.165) is 50.0 Å². The summed E-state index contributed by atoms with van der Waals surface area (Å²) in [5.41, 5.74) is 3.36. The number of fused-ring (bicyclic) bond motifs is 3. The van der Waals surface area contributed by atoms with Gasteiger partial charge in [-0.1, -0.05) is 12.1 Å². The third kappa shape index (κ3) is 2.59. The number of halogens is 1. The second kappa shape index (κ2) is 6.11. The van der Waals surface area contributed by atoms with Gasteiger partial charge in [-0.2, -0.15) is 0 Å². The van der Waals surface area contributed by atoms with E-state index in [1.165, 1.54) is 5.56 Å². The van der Waals surface area contributed by atoms with Crippen LogP contribution in [0, 0.1) is 5.82 Å². The van der Waals surface area contributed by atoms with E-state index in [0.29, 0.717) is 24.5 Å². The molecule has 2 amide bonds. The number of amides is 2. The highest BCUT2D eigenvalue weighted by atomic mass is 19.1. The SMILES string of the molecule is O=C(N1CCc2nc[nH]c2C1)N1C2CCC1CC(c1ccc(F)cc1)C2. The number of carbonyl (C=O) groups excluding carboxylic acids is 1. The van der Waals surface area contributed by atoms with Crippen molar-refractivity contribution in [2.75, 3.05) is 6.54 Å². The Hall–Kier alpha value is -2.37. The number of H-pyrrole nitrogens is 1. The van der Waals surface area contributed by atoms with E-state index in [2.05, 4.69) is 14.9 Å². The number of rotatable bonds is 1. The van der Waals surface area contributed by atoms with Crippen molar-refractivity contribution in [1.82, 2.24) is 19.8 Å². The molecule has 4 heterocycles. The minimum Gasteiger partial charge on any atom is -0.347 e. The third-order valence-corrected chi connectivity index (χ3v) is 6.34. The molecule has 3 aliphatic heterocycles. The van der Waals surface area contributed by atoms with E-state index in [-0.39, 0.29) is 11.8 Å². The zero-order chi connectivity index (χ0) is 17.7. The van der Waals surface area contributed by atoms with Gasteiger partial charge in [0.25, 0.3) is 0 Å². The summed E-state index contributed by atoms with van der Waals surface area (Å²) in [6.07, 6.45) is 6.67. The van der Waals surface area contributed by atoms with Crippen LogP contribution in [0.25, 0.3) is 0 Å². The lowest BCUT2D eigenvalue weighted by molar-refractivity contribution is 0.101. The maximum absolute atomic E-state index is 13.2. The largest absolute Gasteiger partial charge is 0.347 e. The molecule has 1 aromatic heterocycles. The monoisotopic (exact) mass is 354 g/mol. The summed E-state index contributed by atoms with van der Waals surface area (Å²) < 4.78 is 13.2. The third-order valence-electron chi connectivity index (χ3n) is 6.34. The highest BCUT2D eigenvalue weighted by molar-refractivity contribution is 5.76. The number of carbonyl (C=O) groups is 1. The number of nitrogens with zero attached hydrogens (tertiary/aromatic N) is 3. The number of piperidine rings is 1. The van der Waals surface area contributed by atoms with Crippen molar-refractivity contribution < 1.29 is 9.18 Å². The van der Waals surface area contributed by atoms with Crippen LogP contribution in [-0.4, -0.2) is 44.4 Å². The molecule has 0 radical (unpaired) electrons. The molecule has 2 unspecified atom stereocenters. The van der Waals surface area contributed by atoms with Crippen LogP contribution in [0.15, 0.2) is 30.6 Å². The fourth-order valence-electron chi connectivity index (χ4n) is 5.04. The molecule has 6 heteroatoms. The number of hydrogen-bond acceptors (Lipinski definition) is 2. The number of aromatic amines is 1. The van der Waals surface area contributed by atoms with Crippen LogP contribution in [0.5, 0.6) is 0 Å². The van der Waals surface area contributed by atoms with E-state index >= 15 is 0 Å². The highest BCUT2D eigenvalue weighted by Crippen LogP contribution is 2.43. The van der Waals surface area contributed by atoms with Crippen molar-refractivity contribution in [2.45, 2.75) is 56.7 Å².